The molecule has 5 heteroatoms. The molecule has 0 aromatic heterocycles. The van der Waals surface area contributed by atoms with Gasteiger partial charge >= 0.3 is 5.97 Å². The van der Waals surface area contributed by atoms with E-state index in [9.17, 15) is 14.4 Å². The van der Waals surface area contributed by atoms with Crippen molar-refractivity contribution in [2.45, 2.75) is 148 Å². The summed E-state index contributed by atoms with van der Waals surface area (Å²) in [5.74, 6) is -0.561. The van der Waals surface area contributed by atoms with Crippen LogP contribution in [0, 0.1) is 5.41 Å². The van der Waals surface area contributed by atoms with Gasteiger partial charge in [0.2, 0.25) is 5.91 Å². The summed E-state index contributed by atoms with van der Waals surface area (Å²) in [6.07, 6.45) is 26.8. The van der Waals surface area contributed by atoms with Crippen molar-refractivity contribution in [3.63, 3.8) is 0 Å². The van der Waals surface area contributed by atoms with Crippen LogP contribution in [0.2, 0.25) is 0 Å². The molecule has 0 heterocycles. The third kappa shape index (κ3) is 16.8. The Bertz CT molecular complexity index is 514. The zero-order valence-corrected chi connectivity index (χ0v) is 21.2. The number of carboxylic acids is 1. The number of carbonyl (C=O) groups excluding carboxylic acids is 2. The van der Waals surface area contributed by atoms with Crippen LogP contribution < -0.4 is 5.32 Å². The van der Waals surface area contributed by atoms with E-state index in [1.807, 2.05) is 0 Å². The summed E-state index contributed by atoms with van der Waals surface area (Å²) >= 11 is 0. The molecule has 1 rings (SSSR count). The summed E-state index contributed by atoms with van der Waals surface area (Å²) < 4.78 is 0. The van der Waals surface area contributed by atoms with Crippen molar-refractivity contribution in [3.05, 3.63) is 0 Å². The van der Waals surface area contributed by atoms with Crippen molar-refractivity contribution < 1.29 is 19.5 Å². The van der Waals surface area contributed by atoms with E-state index in [0.717, 1.165) is 57.7 Å². The predicted octanol–water partition coefficient (Wildman–Crippen LogP) is 7.36. The number of carbonyl (C=O) groups is 3. The third-order valence-electron chi connectivity index (χ3n) is 7.28. The minimum atomic E-state index is -0.672. The molecule has 5 nitrogen and oxygen atoms in total. The van der Waals surface area contributed by atoms with Crippen LogP contribution in [0.1, 0.15) is 148 Å². The maximum absolute atomic E-state index is 12.1. The van der Waals surface area contributed by atoms with E-state index >= 15 is 0 Å². The van der Waals surface area contributed by atoms with E-state index in [4.69, 9.17) is 5.11 Å². The van der Waals surface area contributed by atoms with Gasteiger partial charge in [0.25, 0.3) is 0 Å². The first-order chi connectivity index (χ1) is 16.1. The van der Waals surface area contributed by atoms with Gasteiger partial charge in [0.1, 0.15) is 6.29 Å². The predicted molar refractivity (Wildman–Crippen MR) is 135 cm³/mol. The highest BCUT2D eigenvalue weighted by molar-refractivity contribution is 5.76. The minimum absolute atomic E-state index is 0.111. The number of hydrogen-bond acceptors (Lipinski definition) is 3. The second kappa shape index (κ2) is 20.0. The van der Waals surface area contributed by atoms with Crippen LogP contribution in [-0.2, 0) is 14.4 Å². The molecule has 1 fully saturated rings. The fourth-order valence-corrected chi connectivity index (χ4v) is 4.99. The smallest absolute Gasteiger partial charge is 0.303 e. The Balaban J connectivity index is 1.78. The Morgan fingerprint density at radius 2 is 1.03 bits per heavy atom. The largest absolute Gasteiger partial charge is 0.481 e. The maximum Gasteiger partial charge on any atom is 0.303 e. The lowest BCUT2D eigenvalue weighted by Crippen LogP contribution is -2.40. The van der Waals surface area contributed by atoms with Gasteiger partial charge in [-0.1, -0.05) is 109 Å². The van der Waals surface area contributed by atoms with Crippen LogP contribution in [0.4, 0.5) is 0 Å². The number of amides is 1. The van der Waals surface area contributed by atoms with Crippen molar-refractivity contribution in [1.82, 2.24) is 5.32 Å². The lowest BCUT2D eigenvalue weighted by atomic mass is 9.75. The molecule has 0 aliphatic heterocycles. The second-order valence-corrected chi connectivity index (χ2v) is 10.4. The number of rotatable bonds is 22. The average Bonchev–Trinajstić information content (AvgIpc) is 2.82. The number of unbranched alkanes of at least 4 members (excludes halogenated alkanes) is 15. The van der Waals surface area contributed by atoms with E-state index in [2.05, 4.69) is 5.32 Å². The van der Waals surface area contributed by atoms with E-state index in [1.54, 1.807) is 0 Å². The first-order valence-electron chi connectivity index (χ1n) is 14.0. The first kappa shape index (κ1) is 29.6. The molecule has 1 amide bonds. The van der Waals surface area contributed by atoms with Gasteiger partial charge < -0.3 is 15.2 Å². The normalized spacial score (nSPS) is 15.3. The van der Waals surface area contributed by atoms with Crippen LogP contribution in [0.25, 0.3) is 0 Å². The molecule has 0 aromatic carbocycles. The topological polar surface area (TPSA) is 83.5 Å². The molecule has 2 N–H and O–H groups in total. The molecule has 0 atom stereocenters. The molecule has 1 aliphatic rings. The third-order valence-corrected chi connectivity index (χ3v) is 7.28. The van der Waals surface area contributed by atoms with Crippen molar-refractivity contribution in [2.24, 2.45) is 5.41 Å². The molecule has 0 unspecified atom stereocenters. The van der Waals surface area contributed by atoms with E-state index in [-0.39, 0.29) is 11.3 Å². The molecule has 1 saturated carbocycles. The molecule has 0 radical (unpaired) electrons. The Labute approximate surface area is 202 Å². The molecule has 0 saturated heterocycles. The van der Waals surface area contributed by atoms with Gasteiger partial charge in [-0.3, -0.25) is 9.59 Å². The van der Waals surface area contributed by atoms with Crippen molar-refractivity contribution in [3.8, 4) is 0 Å². The second-order valence-electron chi connectivity index (χ2n) is 10.4. The van der Waals surface area contributed by atoms with Crippen LogP contribution in [-0.4, -0.2) is 29.8 Å². The van der Waals surface area contributed by atoms with Crippen LogP contribution in [0.3, 0.4) is 0 Å². The zero-order chi connectivity index (χ0) is 24.0. The molecule has 192 valence electrons. The van der Waals surface area contributed by atoms with Crippen molar-refractivity contribution in [1.29, 1.82) is 0 Å². The van der Waals surface area contributed by atoms with Crippen LogP contribution >= 0.6 is 0 Å². The summed E-state index contributed by atoms with van der Waals surface area (Å²) in [6.45, 7) is 0.532. The van der Waals surface area contributed by atoms with E-state index in [0.29, 0.717) is 19.4 Å². The monoisotopic (exact) mass is 465 g/mol. The van der Waals surface area contributed by atoms with Gasteiger partial charge in [0, 0.05) is 24.8 Å². The number of hydrogen-bond donors (Lipinski definition) is 2. The zero-order valence-electron chi connectivity index (χ0n) is 21.2. The van der Waals surface area contributed by atoms with E-state index in [1.165, 1.54) is 83.5 Å². The quantitative estimate of drug-likeness (QED) is 0.129. The number of aldehydes is 1. The molecule has 0 bridgehead atoms. The number of carboxylic acid groups (broad SMARTS) is 1. The Hall–Kier alpha value is -1.39. The fraction of sp³-hybridized carbons (Fsp3) is 0.893. The lowest BCUT2D eigenvalue weighted by molar-refractivity contribution is -0.137. The van der Waals surface area contributed by atoms with Gasteiger partial charge in [-0.2, -0.15) is 0 Å². The summed E-state index contributed by atoms with van der Waals surface area (Å²) in [5.41, 5.74) is -0.293. The number of nitrogens with one attached hydrogen (secondary N) is 1. The summed E-state index contributed by atoms with van der Waals surface area (Å²) in [6, 6.07) is 0. The fourth-order valence-electron chi connectivity index (χ4n) is 4.99. The standard InChI is InChI=1S/C28H51NO4/c30-25-28(22-18-15-19-23-28)24-29-26(31)20-16-13-11-9-7-5-3-1-2-4-6-8-10-12-14-17-21-27(32)33/h25H,1-24H2,(H,29,31)(H,32,33). The van der Waals surface area contributed by atoms with Gasteiger partial charge in [0.15, 0.2) is 0 Å². The highest BCUT2D eigenvalue weighted by Crippen LogP contribution is 2.33. The Morgan fingerprint density at radius 1 is 0.636 bits per heavy atom. The SMILES string of the molecule is O=CC1(CNC(=O)CCCCCCCCCCCCCCCCCCC(=O)O)CCCCC1. The highest BCUT2D eigenvalue weighted by atomic mass is 16.4. The first-order valence-corrected chi connectivity index (χ1v) is 14.0. The van der Waals surface area contributed by atoms with Crippen molar-refractivity contribution in [2.75, 3.05) is 6.54 Å². The molecular formula is C28H51NO4. The van der Waals surface area contributed by atoms with E-state index < -0.39 is 5.97 Å². The minimum Gasteiger partial charge on any atom is -0.481 e. The maximum atomic E-state index is 12.1. The average molecular weight is 466 g/mol. The number of aliphatic carboxylic acids is 1. The summed E-state index contributed by atoms with van der Waals surface area (Å²) in [4.78, 5) is 34.0. The van der Waals surface area contributed by atoms with Gasteiger partial charge in [0.05, 0.1) is 0 Å². The lowest BCUT2D eigenvalue weighted by Gasteiger charge is -2.32. The van der Waals surface area contributed by atoms with Gasteiger partial charge in [-0.25, -0.2) is 0 Å². The molecule has 0 aromatic rings. The molecule has 1 aliphatic carbocycles. The van der Waals surface area contributed by atoms with Gasteiger partial charge in [-0.05, 0) is 25.7 Å². The van der Waals surface area contributed by atoms with Crippen molar-refractivity contribution >= 4 is 18.2 Å². The molecular weight excluding hydrogens is 414 g/mol. The highest BCUT2D eigenvalue weighted by Gasteiger charge is 2.31. The Morgan fingerprint density at radius 3 is 1.42 bits per heavy atom. The summed E-state index contributed by atoms with van der Waals surface area (Å²) in [5, 5.41) is 11.6. The van der Waals surface area contributed by atoms with Gasteiger partial charge in [-0.15, -0.1) is 0 Å². The Kier molecular flexibility index (Phi) is 18.0. The van der Waals surface area contributed by atoms with Crippen LogP contribution in [0.15, 0.2) is 0 Å². The molecule has 33 heavy (non-hydrogen) atoms. The summed E-state index contributed by atoms with van der Waals surface area (Å²) in [7, 11) is 0. The van der Waals surface area contributed by atoms with Crippen LogP contribution in [0.5, 0.6) is 0 Å². The molecule has 0 spiro atoms.